The molecule has 6 nitrogen and oxygen atoms in total. The fourth-order valence-electron chi connectivity index (χ4n) is 2.09. The molecule has 0 fully saturated rings. The van der Waals surface area contributed by atoms with Crippen LogP contribution in [0.2, 0.25) is 0 Å². The SMILES string of the molecule is CCOc1ccc(S(=O)(=O)N(C)Cc2c(C)noc2C)cc1. The van der Waals surface area contributed by atoms with Gasteiger partial charge >= 0.3 is 0 Å². The van der Waals surface area contributed by atoms with Crippen molar-refractivity contribution < 1.29 is 17.7 Å². The van der Waals surface area contributed by atoms with E-state index in [1.807, 2.05) is 6.92 Å². The average Bonchev–Trinajstić information content (AvgIpc) is 2.80. The van der Waals surface area contributed by atoms with E-state index in [2.05, 4.69) is 5.16 Å². The second-order valence-corrected chi connectivity index (χ2v) is 7.01. The lowest BCUT2D eigenvalue weighted by atomic mass is 10.2. The third kappa shape index (κ3) is 3.31. The molecule has 0 atom stereocenters. The van der Waals surface area contributed by atoms with Crippen molar-refractivity contribution in [1.82, 2.24) is 9.46 Å². The molecule has 2 rings (SSSR count). The fraction of sp³-hybridized carbons (Fsp3) is 0.400. The summed E-state index contributed by atoms with van der Waals surface area (Å²) in [4.78, 5) is 0.227. The highest BCUT2D eigenvalue weighted by molar-refractivity contribution is 7.89. The van der Waals surface area contributed by atoms with Crippen LogP contribution < -0.4 is 4.74 Å². The molecule has 0 aliphatic rings. The Morgan fingerprint density at radius 1 is 1.23 bits per heavy atom. The van der Waals surface area contributed by atoms with Gasteiger partial charge in [0, 0.05) is 19.2 Å². The number of aromatic nitrogens is 1. The van der Waals surface area contributed by atoms with Crippen molar-refractivity contribution in [2.75, 3.05) is 13.7 Å². The van der Waals surface area contributed by atoms with Crippen molar-refractivity contribution in [1.29, 1.82) is 0 Å². The maximum Gasteiger partial charge on any atom is 0.243 e. The molecular weight excluding hydrogens is 304 g/mol. The number of rotatable bonds is 6. The Morgan fingerprint density at radius 3 is 2.36 bits per heavy atom. The molecular formula is C15H20N2O4S. The summed E-state index contributed by atoms with van der Waals surface area (Å²) in [7, 11) is -2.03. The lowest BCUT2D eigenvalue weighted by molar-refractivity contribution is 0.340. The second-order valence-electron chi connectivity index (χ2n) is 4.97. The summed E-state index contributed by atoms with van der Waals surface area (Å²) in [5, 5.41) is 3.84. The maximum absolute atomic E-state index is 12.6. The highest BCUT2D eigenvalue weighted by atomic mass is 32.2. The minimum absolute atomic E-state index is 0.219. The highest BCUT2D eigenvalue weighted by Gasteiger charge is 2.23. The van der Waals surface area contributed by atoms with Gasteiger partial charge in [0.25, 0.3) is 0 Å². The quantitative estimate of drug-likeness (QED) is 0.816. The summed E-state index contributed by atoms with van der Waals surface area (Å²) in [6.45, 7) is 6.20. The molecule has 0 saturated heterocycles. The zero-order valence-corrected chi connectivity index (χ0v) is 14.0. The van der Waals surface area contributed by atoms with Crippen molar-refractivity contribution in [3.05, 3.63) is 41.3 Å². The van der Waals surface area contributed by atoms with Gasteiger partial charge in [-0.3, -0.25) is 0 Å². The molecule has 7 heteroatoms. The van der Waals surface area contributed by atoms with Crippen LogP contribution in [0.5, 0.6) is 5.75 Å². The van der Waals surface area contributed by atoms with E-state index in [-0.39, 0.29) is 11.4 Å². The minimum Gasteiger partial charge on any atom is -0.494 e. The van der Waals surface area contributed by atoms with E-state index in [9.17, 15) is 8.42 Å². The van der Waals surface area contributed by atoms with E-state index in [0.717, 1.165) is 5.56 Å². The van der Waals surface area contributed by atoms with Crippen LogP contribution in [-0.4, -0.2) is 31.5 Å². The number of ether oxygens (including phenoxy) is 1. The van der Waals surface area contributed by atoms with Gasteiger partial charge in [-0.05, 0) is 45.0 Å². The first-order valence-electron chi connectivity index (χ1n) is 6.97. The second kappa shape index (κ2) is 6.50. The third-order valence-corrected chi connectivity index (χ3v) is 5.22. The fourth-order valence-corrected chi connectivity index (χ4v) is 3.23. The Balaban J connectivity index is 2.22. The summed E-state index contributed by atoms with van der Waals surface area (Å²) in [6.07, 6.45) is 0. The van der Waals surface area contributed by atoms with Crippen LogP contribution in [0.15, 0.2) is 33.7 Å². The molecule has 0 aliphatic carbocycles. The number of hydrogen-bond acceptors (Lipinski definition) is 5. The van der Waals surface area contributed by atoms with Crippen molar-refractivity contribution in [2.45, 2.75) is 32.2 Å². The highest BCUT2D eigenvalue weighted by Crippen LogP contribution is 2.22. The molecule has 0 amide bonds. The van der Waals surface area contributed by atoms with E-state index >= 15 is 0 Å². The Morgan fingerprint density at radius 2 is 1.86 bits per heavy atom. The smallest absolute Gasteiger partial charge is 0.243 e. The monoisotopic (exact) mass is 324 g/mol. The standard InChI is InChI=1S/C15H20N2O4S/c1-5-20-13-6-8-14(9-7-13)22(18,19)17(4)10-15-11(2)16-21-12(15)3/h6-9H,5,10H2,1-4H3. The largest absolute Gasteiger partial charge is 0.494 e. The van der Waals surface area contributed by atoms with Gasteiger partial charge in [0.2, 0.25) is 10.0 Å². The van der Waals surface area contributed by atoms with E-state index in [0.29, 0.717) is 23.8 Å². The molecule has 1 heterocycles. The molecule has 0 bridgehead atoms. The van der Waals surface area contributed by atoms with Gasteiger partial charge in [0.1, 0.15) is 11.5 Å². The zero-order chi connectivity index (χ0) is 16.3. The van der Waals surface area contributed by atoms with Crippen LogP contribution in [0, 0.1) is 13.8 Å². The predicted octanol–water partition coefficient (Wildman–Crippen LogP) is 2.51. The average molecular weight is 324 g/mol. The van der Waals surface area contributed by atoms with Crippen molar-refractivity contribution >= 4 is 10.0 Å². The topological polar surface area (TPSA) is 72.6 Å². The molecule has 2 aromatic rings. The number of hydrogen-bond donors (Lipinski definition) is 0. The van der Waals surface area contributed by atoms with Gasteiger partial charge in [-0.2, -0.15) is 4.31 Å². The van der Waals surface area contributed by atoms with Gasteiger partial charge in [0.15, 0.2) is 0 Å². The van der Waals surface area contributed by atoms with E-state index in [1.54, 1.807) is 38.1 Å². The first-order chi connectivity index (χ1) is 10.4. The van der Waals surface area contributed by atoms with Gasteiger partial charge in [-0.15, -0.1) is 0 Å². The summed E-state index contributed by atoms with van der Waals surface area (Å²) in [5.41, 5.74) is 1.49. The van der Waals surface area contributed by atoms with Gasteiger partial charge in [-0.1, -0.05) is 5.16 Å². The van der Waals surface area contributed by atoms with Gasteiger partial charge in [-0.25, -0.2) is 8.42 Å². The van der Waals surface area contributed by atoms with E-state index in [1.165, 1.54) is 11.4 Å². The number of aryl methyl sites for hydroxylation is 2. The van der Waals surface area contributed by atoms with E-state index in [4.69, 9.17) is 9.26 Å². The molecule has 0 spiro atoms. The van der Waals surface area contributed by atoms with Crippen molar-refractivity contribution in [3.8, 4) is 5.75 Å². The van der Waals surface area contributed by atoms with Crippen LogP contribution in [-0.2, 0) is 16.6 Å². The first-order valence-corrected chi connectivity index (χ1v) is 8.41. The molecule has 0 unspecified atom stereocenters. The number of sulfonamides is 1. The molecule has 1 aromatic heterocycles. The minimum atomic E-state index is -3.57. The summed E-state index contributed by atoms with van der Waals surface area (Å²) in [5.74, 6) is 1.28. The van der Waals surface area contributed by atoms with Crippen LogP contribution >= 0.6 is 0 Å². The zero-order valence-electron chi connectivity index (χ0n) is 13.2. The normalized spacial score (nSPS) is 11.9. The Kier molecular flexibility index (Phi) is 4.87. The summed E-state index contributed by atoms with van der Waals surface area (Å²) >= 11 is 0. The van der Waals surface area contributed by atoms with Crippen LogP contribution in [0.4, 0.5) is 0 Å². The summed E-state index contributed by atoms with van der Waals surface area (Å²) in [6, 6.07) is 6.40. The van der Waals surface area contributed by atoms with Crippen LogP contribution in [0.3, 0.4) is 0 Å². The van der Waals surface area contributed by atoms with Gasteiger partial charge in [0.05, 0.1) is 17.2 Å². The number of nitrogens with zero attached hydrogens (tertiary/aromatic N) is 2. The molecule has 120 valence electrons. The Labute approximate surface area is 130 Å². The first kappa shape index (κ1) is 16.5. The lowest BCUT2D eigenvalue weighted by Crippen LogP contribution is -2.26. The Hall–Kier alpha value is -1.86. The van der Waals surface area contributed by atoms with Crippen LogP contribution in [0.1, 0.15) is 23.9 Å². The maximum atomic E-state index is 12.6. The number of benzene rings is 1. The Bertz CT molecular complexity index is 716. The van der Waals surface area contributed by atoms with E-state index < -0.39 is 10.0 Å². The molecule has 22 heavy (non-hydrogen) atoms. The van der Waals surface area contributed by atoms with Crippen LogP contribution in [0.25, 0.3) is 0 Å². The third-order valence-electron chi connectivity index (χ3n) is 3.40. The molecule has 0 N–H and O–H groups in total. The summed E-state index contributed by atoms with van der Waals surface area (Å²) < 4.78 is 36.8. The van der Waals surface area contributed by atoms with Crippen molar-refractivity contribution in [2.24, 2.45) is 0 Å². The van der Waals surface area contributed by atoms with Crippen molar-refractivity contribution in [3.63, 3.8) is 0 Å². The van der Waals surface area contributed by atoms with Gasteiger partial charge < -0.3 is 9.26 Å². The predicted molar refractivity (Wildman–Crippen MR) is 82.2 cm³/mol. The molecule has 0 saturated carbocycles. The lowest BCUT2D eigenvalue weighted by Gasteiger charge is -2.17. The molecule has 0 aliphatic heterocycles. The molecule has 1 aromatic carbocycles. The molecule has 0 radical (unpaired) electrons.